The summed E-state index contributed by atoms with van der Waals surface area (Å²) < 4.78 is 20.3. The van der Waals surface area contributed by atoms with Crippen LogP contribution in [0.1, 0.15) is 0 Å². The third kappa shape index (κ3) is 5.56. The average Bonchev–Trinajstić information content (AvgIpc) is 3.42. The predicted molar refractivity (Wildman–Crippen MR) is 109 cm³/mol. The van der Waals surface area contributed by atoms with Crippen LogP contribution in [0, 0.1) is 0 Å². The number of hydrogen-bond donors (Lipinski definition) is 9. The third-order valence-electron chi connectivity index (χ3n) is 6.22. The number of carbonyl (C=O) groups excluding carboxylic acids is 3. The molecule has 16 heteroatoms. The van der Waals surface area contributed by atoms with Crippen molar-refractivity contribution in [3.05, 3.63) is 0 Å². The smallest absolute Gasteiger partial charge is 0.337 e. The van der Waals surface area contributed by atoms with Gasteiger partial charge in [0.1, 0.15) is 48.8 Å². The highest BCUT2D eigenvalue weighted by Crippen LogP contribution is 2.24. The minimum Gasteiger partial charge on any atom is -0.467 e. The predicted octanol–water partition coefficient (Wildman–Crippen LogP) is -7.18. The number of aliphatic hydroxyl groups is 6. The first-order chi connectivity index (χ1) is 16.5. The van der Waals surface area contributed by atoms with Crippen molar-refractivity contribution < 1.29 is 64.0 Å². The number of hydrogen-bond acceptors (Lipinski definition) is 14. The summed E-state index contributed by atoms with van der Waals surface area (Å²) in [7, 11) is 1.08. The number of rotatable bonds is 8. The maximum Gasteiger partial charge on any atom is 0.337 e. The molecule has 0 radical (unpaired) electrons. The second-order valence-electron chi connectivity index (χ2n) is 8.48. The molecule has 0 aromatic heterocycles. The average molecular weight is 509 g/mol. The van der Waals surface area contributed by atoms with Gasteiger partial charge in [0, 0.05) is 19.6 Å². The fourth-order valence-electron chi connectivity index (χ4n) is 4.13. The van der Waals surface area contributed by atoms with E-state index >= 15 is 0 Å². The largest absolute Gasteiger partial charge is 0.467 e. The molecule has 200 valence electrons. The minimum atomic E-state index is -1.67. The van der Waals surface area contributed by atoms with E-state index in [1.54, 1.807) is 0 Å². The van der Waals surface area contributed by atoms with Crippen molar-refractivity contribution >= 4 is 17.8 Å². The molecule has 3 saturated heterocycles. The molecule has 2 amide bonds. The Morgan fingerprint density at radius 1 is 0.686 bits per heavy atom. The molecule has 0 bridgehead atoms. The van der Waals surface area contributed by atoms with Gasteiger partial charge in [-0.3, -0.25) is 9.59 Å². The van der Waals surface area contributed by atoms with Crippen LogP contribution in [0.4, 0.5) is 0 Å². The van der Waals surface area contributed by atoms with Crippen LogP contribution in [-0.2, 0) is 33.3 Å². The Hall–Kier alpha value is -1.99. The van der Waals surface area contributed by atoms with E-state index in [4.69, 9.17) is 19.9 Å². The van der Waals surface area contributed by atoms with E-state index in [1.807, 2.05) is 0 Å². The first kappa shape index (κ1) is 27.6. The lowest BCUT2D eigenvalue weighted by Gasteiger charge is -2.19. The third-order valence-corrected chi connectivity index (χ3v) is 6.22. The molecule has 0 spiro atoms. The second-order valence-corrected chi connectivity index (χ2v) is 8.48. The van der Waals surface area contributed by atoms with Crippen LogP contribution in [0.5, 0.6) is 0 Å². The zero-order valence-corrected chi connectivity index (χ0v) is 18.7. The standard InChI is InChI=1S/C19H31N3O13/c1-32-19(31)16-13(28)10(25)7(35-16)4-22-18(30)15-12(27)9(24)6(34-15)3-21-17(29)14-11(26)8(23)5(2-20)33-14/h5-16,23-28H,2-4,20H2,1H3,(H,21,29)(H,22,30)/t5-,6-,7-,8-,9-,10-,11+,12+,13+,14+,15+,16+/m1/s1. The van der Waals surface area contributed by atoms with Crippen LogP contribution in [-0.4, -0.2) is 148 Å². The number of ether oxygens (including phenoxy) is 4. The van der Waals surface area contributed by atoms with Crippen LogP contribution in [0.2, 0.25) is 0 Å². The highest BCUT2D eigenvalue weighted by molar-refractivity contribution is 5.83. The summed E-state index contributed by atoms with van der Waals surface area (Å²) in [6, 6.07) is 0. The van der Waals surface area contributed by atoms with Crippen LogP contribution in [0.25, 0.3) is 0 Å². The van der Waals surface area contributed by atoms with Gasteiger partial charge in [-0.25, -0.2) is 4.79 Å². The fourth-order valence-corrected chi connectivity index (χ4v) is 4.13. The van der Waals surface area contributed by atoms with Crippen molar-refractivity contribution in [3.8, 4) is 0 Å². The summed E-state index contributed by atoms with van der Waals surface area (Å²) in [4.78, 5) is 36.4. The van der Waals surface area contributed by atoms with Crippen LogP contribution >= 0.6 is 0 Å². The van der Waals surface area contributed by atoms with Gasteiger partial charge in [-0.15, -0.1) is 0 Å². The van der Waals surface area contributed by atoms with Crippen molar-refractivity contribution in [2.75, 3.05) is 26.7 Å². The number of nitrogens with two attached hydrogens (primary N) is 1. The van der Waals surface area contributed by atoms with Crippen LogP contribution in [0.15, 0.2) is 0 Å². The lowest BCUT2D eigenvalue weighted by Crippen LogP contribution is -2.47. The van der Waals surface area contributed by atoms with Crippen molar-refractivity contribution in [2.24, 2.45) is 5.73 Å². The van der Waals surface area contributed by atoms with Crippen molar-refractivity contribution in [3.63, 3.8) is 0 Å². The number of carbonyl (C=O) groups is 3. The summed E-state index contributed by atoms with van der Waals surface area (Å²) in [5, 5.41) is 64.8. The number of amides is 2. The first-order valence-corrected chi connectivity index (χ1v) is 10.9. The molecule has 35 heavy (non-hydrogen) atoms. The van der Waals surface area contributed by atoms with Gasteiger partial charge < -0.3 is 66.0 Å². The Bertz CT molecular complexity index is 787. The molecule has 3 fully saturated rings. The molecule has 10 N–H and O–H groups in total. The quantitative estimate of drug-likeness (QED) is 0.138. The van der Waals surface area contributed by atoms with Crippen LogP contribution in [0.3, 0.4) is 0 Å². The van der Waals surface area contributed by atoms with Gasteiger partial charge >= 0.3 is 5.97 Å². The molecule has 3 rings (SSSR count). The Labute approximate surface area is 198 Å². The Morgan fingerprint density at radius 2 is 1.06 bits per heavy atom. The van der Waals surface area contributed by atoms with Crippen molar-refractivity contribution in [2.45, 2.75) is 73.2 Å². The van der Waals surface area contributed by atoms with Gasteiger partial charge in [0.05, 0.1) is 13.2 Å². The molecular formula is C19H31N3O13. The Kier molecular flexibility index (Phi) is 8.97. The second kappa shape index (κ2) is 11.4. The minimum absolute atomic E-state index is 0.124. The molecular weight excluding hydrogens is 478 g/mol. The molecule has 3 aliphatic rings. The zero-order chi connectivity index (χ0) is 26.0. The molecule has 0 aliphatic carbocycles. The van der Waals surface area contributed by atoms with E-state index in [9.17, 15) is 45.0 Å². The fraction of sp³-hybridized carbons (Fsp3) is 0.842. The normalized spacial score (nSPS) is 43.2. The van der Waals surface area contributed by atoms with Gasteiger partial charge in [0.25, 0.3) is 11.8 Å². The van der Waals surface area contributed by atoms with Crippen LogP contribution < -0.4 is 16.4 Å². The summed E-state index contributed by atoms with van der Waals surface area (Å²) in [6.07, 6.45) is -16.9. The van der Waals surface area contributed by atoms with E-state index in [0.717, 1.165) is 7.11 Å². The first-order valence-electron chi connectivity index (χ1n) is 10.9. The van der Waals surface area contributed by atoms with Gasteiger partial charge in [0.2, 0.25) is 0 Å². The Balaban J connectivity index is 1.49. The maximum absolute atomic E-state index is 12.5. The molecule has 0 unspecified atom stereocenters. The molecule has 3 heterocycles. The summed E-state index contributed by atoms with van der Waals surface area (Å²) >= 11 is 0. The van der Waals surface area contributed by atoms with Gasteiger partial charge in [-0.2, -0.15) is 0 Å². The maximum atomic E-state index is 12.5. The number of esters is 1. The zero-order valence-electron chi connectivity index (χ0n) is 18.7. The lowest BCUT2D eigenvalue weighted by atomic mass is 10.1. The monoisotopic (exact) mass is 509 g/mol. The molecule has 16 nitrogen and oxygen atoms in total. The lowest BCUT2D eigenvalue weighted by molar-refractivity contribution is -0.157. The van der Waals surface area contributed by atoms with Crippen molar-refractivity contribution in [1.29, 1.82) is 0 Å². The number of nitrogens with one attached hydrogen (secondary N) is 2. The van der Waals surface area contributed by atoms with E-state index in [-0.39, 0.29) is 19.6 Å². The topological polar surface area (TPSA) is 260 Å². The highest BCUT2D eigenvalue weighted by atomic mass is 16.6. The molecule has 3 aliphatic heterocycles. The van der Waals surface area contributed by atoms with Gasteiger partial charge in [-0.05, 0) is 0 Å². The molecule has 0 aromatic rings. The van der Waals surface area contributed by atoms with E-state index in [2.05, 4.69) is 15.4 Å². The summed E-state index contributed by atoms with van der Waals surface area (Å²) in [6.45, 7) is -0.856. The van der Waals surface area contributed by atoms with Gasteiger partial charge in [-0.1, -0.05) is 0 Å². The molecule has 0 saturated carbocycles. The molecule has 0 aromatic carbocycles. The van der Waals surface area contributed by atoms with Crippen molar-refractivity contribution in [1.82, 2.24) is 10.6 Å². The van der Waals surface area contributed by atoms with E-state index < -0.39 is 91.0 Å². The Morgan fingerprint density at radius 3 is 1.46 bits per heavy atom. The number of methoxy groups -OCH3 is 1. The highest BCUT2D eigenvalue weighted by Gasteiger charge is 2.50. The van der Waals surface area contributed by atoms with E-state index in [0.29, 0.717) is 0 Å². The summed E-state index contributed by atoms with van der Waals surface area (Å²) in [5.41, 5.74) is 5.40. The number of aliphatic hydroxyl groups excluding tert-OH is 6. The molecule has 12 atom stereocenters. The SMILES string of the molecule is COC(=O)[C@H]1O[C@H](CNC(=O)[C@H]2O[C@H](CNC(=O)[C@H]3O[C@H](CN)[C@@H](O)[C@@H]3O)[C@@H](O)[C@@H]2O)[C@@H](O)[C@@H]1O. The summed E-state index contributed by atoms with van der Waals surface area (Å²) in [5.74, 6) is -2.62. The van der Waals surface area contributed by atoms with Gasteiger partial charge in [0.15, 0.2) is 18.3 Å². The van der Waals surface area contributed by atoms with E-state index in [1.165, 1.54) is 0 Å².